The fraction of sp³-hybridized carbons (Fsp3) is 0.250. The fourth-order valence-corrected chi connectivity index (χ4v) is 3.03. The Kier molecular flexibility index (Phi) is 8.35. The molecule has 2 amide bonds. The summed E-state index contributed by atoms with van der Waals surface area (Å²) in [6.45, 7) is 4.33. The maximum atomic E-state index is 12.0. The van der Waals surface area contributed by atoms with Crippen molar-refractivity contribution in [3.8, 4) is 0 Å². The number of allylic oxidation sites excluding steroid dienone is 3. The number of hydrogen-bond acceptors (Lipinski definition) is 4. The minimum Gasteiger partial charge on any atom is -0.348 e. The Bertz CT molecular complexity index is 841. The minimum atomic E-state index is -0.449. The maximum Gasteiger partial charge on any atom is 0.264 e. The Balaban J connectivity index is 1.88. The van der Waals surface area contributed by atoms with E-state index in [1.807, 2.05) is 50.3 Å². The number of benzene rings is 1. The van der Waals surface area contributed by atoms with Gasteiger partial charge in [0.2, 0.25) is 5.91 Å². The third kappa shape index (κ3) is 8.33. The molecule has 5 nitrogen and oxygen atoms in total. The number of carbonyl (C=O) groups is 2. The van der Waals surface area contributed by atoms with Gasteiger partial charge in [0.05, 0.1) is 16.3 Å². The number of alkyl halides is 1. The molecule has 2 N–H and O–H groups in total. The van der Waals surface area contributed by atoms with Crippen molar-refractivity contribution in [3.63, 3.8) is 0 Å². The summed E-state index contributed by atoms with van der Waals surface area (Å²) in [7, 11) is 0. The zero-order valence-electron chi connectivity index (χ0n) is 15.5. The molecule has 1 fully saturated rings. The van der Waals surface area contributed by atoms with Gasteiger partial charge in [0.15, 0.2) is 5.17 Å². The van der Waals surface area contributed by atoms with Gasteiger partial charge in [-0.15, -0.1) is 11.6 Å². The second-order valence-electron chi connectivity index (χ2n) is 6.43. The second-order valence-corrected chi connectivity index (χ2v) is 8.92. The highest BCUT2D eigenvalue weighted by Gasteiger charge is 2.24. The third-order valence-corrected chi connectivity index (χ3v) is 4.69. The SMILES string of the molecule is CC(C)(Cl)/C=C\C=C(\Cl)CN=C1NC(=O)/C(=C/C(=O)NCc2ccccc2)S1. The molecule has 0 bridgehead atoms. The molecule has 1 aliphatic rings. The van der Waals surface area contributed by atoms with E-state index in [0.717, 1.165) is 17.3 Å². The van der Waals surface area contributed by atoms with Crippen molar-refractivity contribution >= 4 is 51.9 Å². The van der Waals surface area contributed by atoms with Crippen molar-refractivity contribution in [1.82, 2.24) is 10.6 Å². The van der Waals surface area contributed by atoms with Gasteiger partial charge in [-0.1, -0.05) is 54.1 Å². The van der Waals surface area contributed by atoms with Crippen LogP contribution in [0.15, 0.2) is 69.6 Å². The number of aliphatic imine (C=N–C) groups is 1. The highest BCUT2D eigenvalue weighted by atomic mass is 35.5. The van der Waals surface area contributed by atoms with Crippen LogP contribution >= 0.6 is 35.0 Å². The molecular formula is C20H21Cl2N3O2S. The Labute approximate surface area is 179 Å². The largest absolute Gasteiger partial charge is 0.348 e. The molecule has 0 unspecified atom stereocenters. The fourth-order valence-electron chi connectivity index (χ4n) is 2.04. The van der Waals surface area contributed by atoms with Crippen LogP contribution in [-0.2, 0) is 16.1 Å². The van der Waals surface area contributed by atoms with Crippen LogP contribution in [0.1, 0.15) is 19.4 Å². The summed E-state index contributed by atoms with van der Waals surface area (Å²) in [5.74, 6) is -0.697. The van der Waals surface area contributed by atoms with Gasteiger partial charge in [0.25, 0.3) is 5.91 Å². The van der Waals surface area contributed by atoms with E-state index in [1.54, 1.807) is 12.2 Å². The summed E-state index contributed by atoms with van der Waals surface area (Å²) >= 11 is 13.3. The molecule has 2 rings (SSSR count). The van der Waals surface area contributed by atoms with Crippen molar-refractivity contribution in [1.29, 1.82) is 0 Å². The molecule has 1 saturated heterocycles. The molecular weight excluding hydrogens is 417 g/mol. The average molecular weight is 438 g/mol. The molecule has 8 heteroatoms. The second kappa shape index (κ2) is 10.5. The molecule has 0 atom stereocenters. The van der Waals surface area contributed by atoms with E-state index in [0.29, 0.717) is 16.7 Å². The third-order valence-electron chi connectivity index (χ3n) is 3.37. The van der Waals surface area contributed by atoms with Crippen LogP contribution in [0.2, 0.25) is 0 Å². The quantitative estimate of drug-likeness (QED) is 0.383. The summed E-state index contributed by atoms with van der Waals surface area (Å²) < 4.78 is 0. The molecule has 0 aliphatic carbocycles. The first kappa shape index (κ1) is 22.3. The number of amides is 2. The lowest BCUT2D eigenvalue weighted by atomic mass is 10.2. The lowest BCUT2D eigenvalue weighted by Crippen LogP contribution is -2.23. The molecule has 1 aliphatic heterocycles. The maximum absolute atomic E-state index is 12.0. The molecule has 0 aromatic heterocycles. The zero-order valence-corrected chi connectivity index (χ0v) is 17.9. The van der Waals surface area contributed by atoms with Gasteiger partial charge in [0, 0.05) is 17.7 Å². The summed E-state index contributed by atoms with van der Waals surface area (Å²) in [6.07, 6.45) is 6.54. The van der Waals surface area contributed by atoms with Crippen LogP contribution in [-0.4, -0.2) is 28.4 Å². The number of nitrogens with zero attached hydrogens (tertiary/aromatic N) is 1. The number of rotatable bonds is 7. The average Bonchev–Trinajstić information content (AvgIpc) is 2.97. The first-order chi connectivity index (χ1) is 13.2. The topological polar surface area (TPSA) is 70.6 Å². The molecule has 0 saturated carbocycles. The standard InChI is InChI=1S/C20H21Cl2N3O2S/c1-20(2,22)10-6-9-15(21)13-24-19-25-18(27)16(28-19)11-17(26)23-12-14-7-4-3-5-8-14/h3-11H,12-13H2,1-2H3,(H,23,26)(H,24,25,27)/b10-6-,15-9+,16-11-. The van der Waals surface area contributed by atoms with E-state index in [9.17, 15) is 9.59 Å². The smallest absolute Gasteiger partial charge is 0.264 e. The predicted molar refractivity (Wildman–Crippen MR) is 117 cm³/mol. The van der Waals surface area contributed by atoms with E-state index in [-0.39, 0.29) is 23.3 Å². The van der Waals surface area contributed by atoms with E-state index in [1.165, 1.54) is 6.08 Å². The molecule has 0 radical (unpaired) electrons. The first-order valence-corrected chi connectivity index (χ1v) is 10.1. The summed E-state index contributed by atoms with van der Waals surface area (Å²) in [5.41, 5.74) is 0.980. The summed E-state index contributed by atoms with van der Waals surface area (Å²) in [4.78, 5) is 28.1. The number of nitrogens with one attached hydrogen (secondary N) is 2. The lowest BCUT2D eigenvalue weighted by molar-refractivity contribution is -0.118. The van der Waals surface area contributed by atoms with Gasteiger partial charge < -0.3 is 10.6 Å². The minimum absolute atomic E-state index is 0.213. The highest BCUT2D eigenvalue weighted by Crippen LogP contribution is 2.23. The van der Waals surface area contributed by atoms with Gasteiger partial charge in [-0.25, -0.2) is 0 Å². The van der Waals surface area contributed by atoms with Crippen LogP contribution < -0.4 is 10.6 Å². The Morgan fingerprint density at radius 3 is 2.71 bits per heavy atom. The van der Waals surface area contributed by atoms with E-state index < -0.39 is 4.87 Å². The molecule has 1 aromatic carbocycles. The molecule has 0 spiro atoms. The number of thioether (sulfide) groups is 1. The Hall–Kier alpha value is -2.02. The number of hydrogen-bond donors (Lipinski definition) is 2. The lowest BCUT2D eigenvalue weighted by Gasteiger charge is -2.06. The number of carbonyl (C=O) groups excluding carboxylic acids is 2. The Morgan fingerprint density at radius 1 is 1.32 bits per heavy atom. The molecule has 1 heterocycles. The summed E-state index contributed by atoms with van der Waals surface area (Å²) in [6, 6.07) is 9.53. The zero-order chi connectivity index (χ0) is 20.6. The van der Waals surface area contributed by atoms with Crippen molar-refractivity contribution < 1.29 is 9.59 Å². The van der Waals surface area contributed by atoms with Crippen molar-refractivity contribution in [2.24, 2.45) is 4.99 Å². The van der Waals surface area contributed by atoms with Crippen LogP contribution in [0, 0.1) is 0 Å². The summed E-state index contributed by atoms with van der Waals surface area (Å²) in [5, 5.41) is 6.27. The highest BCUT2D eigenvalue weighted by molar-refractivity contribution is 8.18. The van der Waals surface area contributed by atoms with E-state index >= 15 is 0 Å². The van der Waals surface area contributed by atoms with Crippen molar-refractivity contribution in [2.45, 2.75) is 25.3 Å². The Morgan fingerprint density at radius 2 is 2.04 bits per heavy atom. The number of amidine groups is 1. The monoisotopic (exact) mass is 437 g/mol. The van der Waals surface area contributed by atoms with Gasteiger partial charge in [-0.2, -0.15) is 0 Å². The van der Waals surface area contributed by atoms with Gasteiger partial charge in [0.1, 0.15) is 0 Å². The van der Waals surface area contributed by atoms with Crippen LogP contribution in [0.3, 0.4) is 0 Å². The van der Waals surface area contributed by atoms with Gasteiger partial charge in [-0.05, 0) is 37.2 Å². The van der Waals surface area contributed by atoms with Crippen LogP contribution in [0.4, 0.5) is 0 Å². The van der Waals surface area contributed by atoms with Crippen LogP contribution in [0.25, 0.3) is 0 Å². The predicted octanol–water partition coefficient (Wildman–Crippen LogP) is 4.10. The van der Waals surface area contributed by atoms with E-state index in [4.69, 9.17) is 23.2 Å². The van der Waals surface area contributed by atoms with Crippen LogP contribution in [0.5, 0.6) is 0 Å². The normalized spacial score (nSPS) is 18.1. The molecule has 28 heavy (non-hydrogen) atoms. The van der Waals surface area contributed by atoms with E-state index in [2.05, 4.69) is 15.6 Å². The van der Waals surface area contributed by atoms with Crippen molar-refractivity contribution in [2.75, 3.05) is 6.54 Å². The number of halogens is 2. The van der Waals surface area contributed by atoms with Gasteiger partial charge >= 0.3 is 0 Å². The molecule has 1 aromatic rings. The van der Waals surface area contributed by atoms with Gasteiger partial charge in [-0.3, -0.25) is 14.6 Å². The molecule has 148 valence electrons. The first-order valence-electron chi connectivity index (χ1n) is 8.53. The van der Waals surface area contributed by atoms with Crippen molar-refractivity contribution in [3.05, 3.63) is 70.1 Å².